The number of nitrogens with one attached hydrogen (secondary N) is 2. The van der Waals surface area contributed by atoms with Gasteiger partial charge in [-0.2, -0.15) is 0 Å². The summed E-state index contributed by atoms with van der Waals surface area (Å²) in [6, 6.07) is 9.00. The summed E-state index contributed by atoms with van der Waals surface area (Å²) < 4.78 is 23.2. The quantitative estimate of drug-likeness (QED) is 0.222. The van der Waals surface area contributed by atoms with E-state index in [0.717, 1.165) is 31.4 Å². The maximum Gasteiger partial charge on any atom is 0.213 e. The molecule has 0 saturated carbocycles. The van der Waals surface area contributed by atoms with E-state index in [1.54, 1.807) is 31.3 Å². The highest BCUT2D eigenvalue weighted by Gasteiger charge is 2.22. The maximum absolute atomic E-state index is 9.04. The number of benzene rings is 1. The molecule has 4 N–H and O–H groups in total. The Kier molecular flexibility index (Phi) is 8.84. The molecule has 2 saturated heterocycles. The van der Waals surface area contributed by atoms with E-state index in [2.05, 4.69) is 15.3 Å². The molecule has 2 fully saturated rings. The van der Waals surface area contributed by atoms with Gasteiger partial charge in [0.05, 0.1) is 34.7 Å². The van der Waals surface area contributed by atoms with Crippen molar-refractivity contribution in [2.24, 2.45) is 5.73 Å². The zero-order valence-electron chi connectivity index (χ0n) is 21.6. The molecule has 4 heterocycles. The molecule has 0 bridgehead atoms. The van der Waals surface area contributed by atoms with Crippen LogP contribution in [0.3, 0.4) is 0 Å². The summed E-state index contributed by atoms with van der Waals surface area (Å²) in [5.41, 5.74) is 9.65. The van der Waals surface area contributed by atoms with Crippen LogP contribution in [-0.4, -0.2) is 47.8 Å². The average molecular weight is 572 g/mol. The van der Waals surface area contributed by atoms with Gasteiger partial charge >= 0.3 is 0 Å². The van der Waals surface area contributed by atoms with Crippen molar-refractivity contribution in [2.45, 2.75) is 51.2 Å². The smallest absolute Gasteiger partial charge is 0.213 e. The van der Waals surface area contributed by atoms with Gasteiger partial charge < -0.3 is 24.3 Å². The van der Waals surface area contributed by atoms with Crippen LogP contribution in [0, 0.1) is 12.3 Å². The molecule has 206 valence electrons. The summed E-state index contributed by atoms with van der Waals surface area (Å²) in [6.45, 7) is 3.72. The molecule has 0 amide bonds. The van der Waals surface area contributed by atoms with E-state index in [1.807, 2.05) is 12.1 Å². The van der Waals surface area contributed by atoms with Crippen molar-refractivity contribution in [2.75, 3.05) is 25.1 Å². The highest BCUT2D eigenvalue weighted by molar-refractivity contribution is 6.36. The first-order chi connectivity index (χ1) is 18.9. The molecule has 39 heavy (non-hydrogen) atoms. The van der Waals surface area contributed by atoms with Crippen LogP contribution in [0.5, 0.6) is 11.6 Å². The van der Waals surface area contributed by atoms with Gasteiger partial charge in [-0.05, 0) is 50.5 Å². The number of nitrogens with zero attached hydrogens (tertiary/aromatic N) is 2. The van der Waals surface area contributed by atoms with Gasteiger partial charge in [0.2, 0.25) is 5.88 Å². The summed E-state index contributed by atoms with van der Waals surface area (Å²) in [6.07, 6.45) is 5.88. The van der Waals surface area contributed by atoms with Crippen LogP contribution in [0.25, 0.3) is 0 Å². The summed E-state index contributed by atoms with van der Waals surface area (Å²) in [7, 11) is 0. The van der Waals surface area contributed by atoms with Crippen LogP contribution < -0.4 is 20.5 Å². The summed E-state index contributed by atoms with van der Waals surface area (Å²) in [5, 5.41) is 13.2. The Hall–Kier alpha value is -2.95. The Morgan fingerprint density at radius 3 is 2.72 bits per heavy atom. The van der Waals surface area contributed by atoms with E-state index in [4.69, 9.17) is 53.3 Å². The van der Waals surface area contributed by atoms with Crippen molar-refractivity contribution in [3.05, 3.63) is 75.2 Å². The number of aryl methyl sites for hydroxylation is 1. The summed E-state index contributed by atoms with van der Waals surface area (Å²) in [5.74, 6) is 0.952. The normalized spacial score (nSPS) is 19.9. The van der Waals surface area contributed by atoms with E-state index >= 15 is 0 Å². The molecular formula is C28H31Cl2N5O4. The molecule has 2 aromatic heterocycles. The molecule has 3 aromatic rings. The van der Waals surface area contributed by atoms with E-state index in [-0.39, 0.29) is 18.0 Å². The van der Waals surface area contributed by atoms with E-state index in [0.29, 0.717) is 63.9 Å². The molecular weight excluding hydrogens is 541 g/mol. The molecule has 5 rings (SSSR count). The van der Waals surface area contributed by atoms with Crippen molar-refractivity contribution >= 4 is 34.6 Å². The van der Waals surface area contributed by atoms with Gasteiger partial charge in [-0.1, -0.05) is 23.2 Å². The number of ether oxygens (including phenoxy) is 4. The highest BCUT2D eigenvalue weighted by atomic mass is 35.5. The number of anilines is 1. The predicted octanol–water partition coefficient (Wildman–Crippen LogP) is 5.65. The highest BCUT2D eigenvalue weighted by Crippen LogP contribution is 2.34. The van der Waals surface area contributed by atoms with Gasteiger partial charge in [-0.15, -0.1) is 0 Å². The number of rotatable bonds is 9. The lowest BCUT2D eigenvalue weighted by molar-refractivity contribution is 0.0343. The van der Waals surface area contributed by atoms with Crippen molar-refractivity contribution in [3.63, 3.8) is 0 Å². The van der Waals surface area contributed by atoms with Gasteiger partial charge in [-0.25, -0.2) is 4.98 Å². The van der Waals surface area contributed by atoms with Gasteiger partial charge in [0.15, 0.2) is 6.23 Å². The molecule has 0 radical (unpaired) electrons. The van der Waals surface area contributed by atoms with Crippen LogP contribution in [0.15, 0.2) is 42.7 Å². The summed E-state index contributed by atoms with van der Waals surface area (Å²) >= 11 is 12.8. The maximum atomic E-state index is 9.04. The van der Waals surface area contributed by atoms with E-state index in [1.165, 1.54) is 6.20 Å². The van der Waals surface area contributed by atoms with Crippen LogP contribution in [0.2, 0.25) is 10.0 Å². The lowest BCUT2D eigenvalue weighted by atomic mass is 10.0. The minimum Gasteiger partial charge on any atom is -0.472 e. The third kappa shape index (κ3) is 6.62. The first-order valence-electron chi connectivity index (χ1n) is 12.9. The Morgan fingerprint density at radius 2 is 2.00 bits per heavy atom. The second-order valence-corrected chi connectivity index (χ2v) is 10.3. The largest absolute Gasteiger partial charge is 0.472 e. The number of halogens is 2. The molecule has 2 aliphatic heterocycles. The van der Waals surface area contributed by atoms with Gasteiger partial charge in [0.25, 0.3) is 0 Å². The Morgan fingerprint density at radius 1 is 1.13 bits per heavy atom. The standard InChI is InChI=1S/C28H31Cl2N5O4/c1-16-26(30)25(21(29)14-33-16)28(32)39-18-6-7-22(35-24-4-2-3-10-37-24)20(12-18)27(31)17-5-8-23(34-13-17)38-19-9-11-36-15-19/h5-8,12-14,19,24,28,31,35H,2-4,9-11,15,32H2,1H3/t19-,24?,28+/m1/s1. The van der Waals surface area contributed by atoms with Crippen LogP contribution in [0.4, 0.5) is 5.69 Å². The second kappa shape index (κ2) is 12.5. The van der Waals surface area contributed by atoms with Gasteiger partial charge in [0, 0.05) is 53.9 Å². The lowest BCUT2D eigenvalue weighted by Gasteiger charge is -2.26. The zero-order chi connectivity index (χ0) is 27.4. The number of nitrogens with two attached hydrogens (primary N) is 1. The average Bonchev–Trinajstić information content (AvgIpc) is 3.45. The number of aromatic nitrogens is 2. The number of pyridine rings is 2. The molecule has 2 aliphatic rings. The van der Waals surface area contributed by atoms with Crippen molar-refractivity contribution in [3.8, 4) is 11.6 Å². The Bertz CT molecular complexity index is 1310. The molecule has 9 nitrogen and oxygen atoms in total. The molecule has 3 atom stereocenters. The van der Waals surface area contributed by atoms with Crippen LogP contribution >= 0.6 is 23.2 Å². The predicted molar refractivity (Wildman–Crippen MR) is 150 cm³/mol. The Labute approximate surface area is 237 Å². The topological polar surface area (TPSA) is 125 Å². The van der Waals surface area contributed by atoms with Crippen molar-refractivity contribution in [1.82, 2.24) is 9.97 Å². The van der Waals surface area contributed by atoms with Gasteiger partial charge in [-0.3, -0.25) is 16.1 Å². The third-order valence-electron chi connectivity index (χ3n) is 6.69. The first kappa shape index (κ1) is 27.6. The fourth-order valence-corrected chi connectivity index (χ4v) is 5.09. The molecule has 0 aliphatic carbocycles. The fraction of sp³-hybridized carbons (Fsp3) is 0.393. The fourth-order valence-electron chi connectivity index (χ4n) is 4.53. The third-order valence-corrected chi connectivity index (χ3v) is 7.47. The van der Waals surface area contributed by atoms with E-state index < -0.39 is 6.23 Å². The minimum atomic E-state index is -0.938. The van der Waals surface area contributed by atoms with E-state index in [9.17, 15) is 0 Å². The molecule has 11 heteroatoms. The molecule has 1 aromatic carbocycles. The minimum absolute atomic E-state index is 0.00155. The SMILES string of the molecule is Cc1ncc(Cl)c([C@@H](N)Oc2ccc(NC3CCCCO3)c(C(=N)c3ccc(O[C@@H]4CCOC4)nc3)c2)c1Cl. The molecule has 1 unspecified atom stereocenters. The lowest BCUT2D eigenvalue weighted by Crippen LogP contribution is -2.28. The van der Waals surface area contributed by atoms with Crippen molar-refractivity contribution < 1.29 is 18.9 Å². The van der Waals surface area contributed by atoms with Gasteiger partial charge in [0.1, 0.15) is 18.1 Å². The molecule has 0 spiro atoms. The summed E-state index contributed by atoms with van der Waals surface area (Å²) in [4.78, 5) is 8.58. The monoisotopic (exact) mass is 571 g/mol. The number of hydrogen-bond donors (Lipinski definition) is 3. The van der Waals surface area contributed by atoms with Crippen molar-refractivity contribution in [1.29, 1.82) is 5.41 Å². The van der Waals surface area contributed by atoms with Crippen LogP contribution in [0.1, 0.15) is 54.3 Å². The Balaban J connectivity index is 1.41. The second-order valence-electron chi connectivity index (χ2n) is 9.53. The first-order valence-corrected chi connectivity index (χ1v) is 13.7. The number of hydrogen-bond acceptors (Lipinski definition) is 9. The zero-order valence-corrected chi connectivity index (χ0v) is 23.1. The van der Waals surface area contributed by atoms with Crippen LogP contribution in [-0.2, 0) is 9.47 Å².